The number of rotatable bonds is 8. The molecular formula is C32H39ClFN9O2. The van der Waals surface area contributed by atoms with Crippen LogP contribution in [-0.2, 0) is 9.53 Å². The number of piperazine rings is 1. The molecule has 0 aliphatic carbocycles. The molecule has 2 aliphatic heterocycles. The number of morpholine rings is 1. The second kappa shape index (κ2) is 12.8. The van der Waals surface area contributed by atoms with Crippen LogP contribution >= 0.6 is 11.6 Å². The molecule has 4 aromatic rings. The molecule has 6 rings (SSSR count). The fraction of sp³-hybridized carbons (Fsp3) is 0.438. The molecule has 0 radical (unpaired) electrons. The van der Waals surface area contributed by atoms with Gasteiger partial charge in [-0.15, -0.1) is 0 Å². The van der Waals surface area contributed by atoms with Crippen LogP contribution in [0.5, 0.6) is 0 Å². The number of fused-ring (bicyclic) bond motifs is 2. The van der Waals surface area contributed by atoms with Gasteiger partial charge in [0.2, 0.25) is 11.9 Å². The lowest BCUT2D eigenvalue weighted by Crippen LogP contribution is -2.58. The summed E-state index contributed by atoms with van der Waals surface area (Å²) in [7, 11) is 0. The third-order valence-electron chi connectivity index (χ3n) is 8.83. The molecule has 2 saturated heterocycles. The van der Waals surface area contributed by atoms with E-state index in [0.29, 0.717) is 53.3 Å². The Morgan fingerprint density at radius 3 is 2.76 bits per heavy atom. The molecule has 4 N–H and O–H groups in total. The molecule has 2 atom stereocenters. The van der Waals surface area contributed by atoms with E-state index in [0.717, 1.165) is 44.8 Å². The molecule has 2 fully saturated rings. The Bertz CT molecular complexity index is 1760. The molecular weight excluding hydrogens is 597 g/mol. The van der Waals surface area contributed by atoms with Gasteiger partial charge in [0.05, 0.1) is 29.1 Å². The first-order chi connectivity index (χ1) is 21.7. The number of aryl methyl sites for hydroxylation is 1. The number of anilines is 3. The second-order valence-electron chi connectivity index (χ2n) is 11.9. The highest BCUT2D eigenvalue weighted by molar-refractivity contribution is 6.35. The summed E-state index contributed by atoms with van der Waals surface area (Å²) in [5, 5.41) is 11.7. The molecule has 2 aromatic heterocycles. The average Bonchev–Trinajstić information content (AvgIpc) is 3.41. The highest BCUT2D eigenvalue weighted by Crippen LogP contribution is 2.43. The summed E-state index contributed by atoms with van der Waals surface area (Å²) < 4.78 is 22.4. The van der Waals surface area contributed by atoms with E-state index in [-0.39, 0.29) is 39.9 Å². The number of amides is 1. The number of nitrogens with two attached hydrogens (primary N) is 1. The Morgan fingerprint density at radius 2 is 2.00 bits per heavy atom. The summed E-state index contributed by atoms with van der Waals surface area (Å²) in [5.74, 6) is 0.473. The molecule has 2 aromatic carbocycles. The van der Waals surface area contributed by atoms with Crippen molar-refractivity contribution in [2.24, 2.45) is 0 Å². The minimum absolute atomic E-state index is 0.111. The van der Waals surface area contributed by atoms with E-state index in [1.807, 2.05) is 32.9 Å². The summed E-state index contributed by atoms with van der Waals surface area (Å²) in [5.41, 5.74) is 8.66. The fourth-order valence-corrected chi connectivity index (χ4v) is 6.73. The Morgan fingerprint density at radius 1 is 1.22 bits per heavy atom. The standard InChI is InChI=1S/C32H39ClFN9O2/c1-5-24(44)42-16-20(4)43(17-19(42)3)31-21-15-22(33)26(25-18(2)7-8-23-27(25)30(35)40-39-23)28(34)29(21)37-32(38-31)36-9-6-10-41-11-13-45-14-12-41/h5,7-8,15,19-20H,1,6,9-14,16-17H2,2-4H3,(H3,35,39,40)(H,36,37,38)/t19-,20+/m1/s1. The van der Waals surface area contributed by atoms with Crippen LogP contribution in [0.15, 0.2) is 30.9 Å². The number of aromatic amines is 1. The van der Waals surface area contributed by atoms with Crippen molar-refractivity contribution in [3.8, 4) is 11.1 Å². The van der Waals surface area contributed by atoms with Crippen LogP contribution in [0, 0.1) is 12.7 Å². The zero-order chi connectivity index (χ0) is 31.8. The third-order valence-corrected chi connectivity index (χ3v) is 9.13. The number of benzene rings is 2. The normalized spacial score (nSPS) is 19.4. The molecule has 0 spiro atoms. The minimum Gasteiger partial charge on any atom is -0.382 e. The van der Waals surface area contributed by atoms with E-state index in [2.05, 4.69) is 31.9 Å². The van der Waals surface area contributed by atoms with Crippen molar-refractivity contribution in [3.05, 3.63) is 47.3 Å². The monoisotopic (exact) mass is 635 g/mol. The molecule has 4 heterocycles. The minimum atomic E-state index is -0.560. The van der Waals surface area contributed by atoms with Crippen LogP contribution in [0.25, 0.3) is 32.9 Å². The highest BCUT2D eigenvalue weighted by atomic mass is 35.5. The van der Waals surface area contributed by atoms with Crippen molar-refractivity contribution in [1.82, 2.24) is 30.0 Å². The van der Waals surface area contributed by atoms with Gasteiger partial charge in [0.15, 0.2) is 11.6 Å². The van der Waals surface area contributed by atoms with Gasteiger partial charge in [-0.1, -0.05) is 24.2 Å². The number of carbonyl (C=O) groups excluding carboxylic acids is 1. The van der Waals surface area contributed by atoms with Crippen LogP contribution in [0.2, 0.25) is 5.02 Å². The summed E-state index contributed by atoms with van der Waals surface area (Å²) in [4.78, 5) is 28.5. The Kier molecular flexibility index (Phi) is 8.80. The first-order valence-corrected chi connectivity index (χ1v) is 15.7. The van der Waals surface area contributed by atoms with E-state index in [9.17, 15) is 4.79 Å². The third kappa shape index (κ3) is 5.89. The van der Waals surface area contributed by atoms with E-state index in [1.165, 1.54) is 6.08 Å². The van der Waals surface area contributed by atoms with Crippen LogP contribution in [0.1, 0.15) is 25.8 Å². The number of hydrogen-bond donors (Lipinski definition) is 3. The molecule has 0 unspecified atom stereocenters. The molecule has 0 saturated carbocycles. The SMILES string of the molecule is C=CC(=O)N1C[C@H](C)N(c2nc(NCCCN3CCOCC3)nc3c(F)c(-c4c(C)ccc5[nH]nc(N)c45)c(Cl)cc23)C[C@H]1C. The number of carbonyl (C=O) groups is 1. The van der Waals surface area contributed by atoms with Crippen LogP contribution < -0.4 is 16.0 Å². The molecule has 13 heteroatoms. The number of hydrogen-bond acceptors (Lipinski definition) is 9. The number of H-pyrrole nitrogens is 1. The zero-order valence-electron chi connectivity index (χ0n) is 25.9. The van der Waals surface area contributed by atoms with Crippen molar-refractivity contribution in [1.29, 1.82) is 0 Å². The number of nitrogen functional groups attached to an aromatic ring is 1. The summed E-state index contributed by atoms with van der Waals surface area (Å²) >= 11 is 6.93. The summed E-state index contributed by atoms with van der Waals surface area (Å²) in [6, 6.07) is 5.25. The van der Waals surface area contributed by atoms with Gasteiger partial charge in [-0.3, -0.25) is 14.8 Å². The van der Waals surface area contributed by atoms with Gasteiger partial charge in [0.25, 0.3) is 0 Å². The van der Waals surface area contributed by atoms with Gasteiger partial charge in [-0.25, -0.2) is 9.37 Å². The lowest BCUT2D eigenvalue weighted by Gasteiger charge is -2.44. The largest absolute Gasteiger partial charge is 0.382 e. The molecule has 0 bridgehead atoms. The average molecular weight is 636 g/mol. The number of nitrogens with zero attached hydrogens (tertiary/aromatic N) is 6. The van der Waals surface area contributed by atoms with Gasteiger partial charge in [0, 0.05) is 61.3 Å². The van der Waals surface area contributed by atoms with Gasteiger partial charge < -0.3 is 25.6 Å². The summed E-state index contributed by atoms with van der Waals surface area (Å²) in [6.07, 6.45) is 2.20. The number of ether oxygens (including phenoxy) is 1. The van der Waals surface area contributed by atoms with Gasteiger partial charge in [-0.05, 0) is 57.5 Å². The smallest absolute Gasteiger partial charge is 0.246 e. The molecule has 45 heavy (non-hydrogen) atoms. The first-order valence-electron chi connectivity index (χ1n) is 15.3. The maximum atomic E-state index is 16.9. The fourth-order valence-electron chi connectivity index (χ4n) is 6.45. The van der Waals surface area contributed by atoms with E-state index < -0.39 is 5.82 Å². The maximum Gasteiger partial charge on any atom is 0.246 e. The van der Waals surface area contributed by atoms with E-state index >= 15 is 4.39 Å². The van der Waals surface area contributed by atoms with Gasteiger partial charge in [0.1, 0.15) is 11.3 Å². The highest BCUT2D eigenvalue weighted by Gasteiger charge is 2.34. The Hall–Kier alpha value is -4.00. The predicted octanol–water partition coefficient (Wildman–Crippen LogP) is 4.60. The quantitative estimate of drug-likeness (QED) is 0.188. The zero-order valence-corrected chi connectivity index (χ0v) is 26.6. The number of nitrogens with one attached hydrogen (secondary N) is 2. The van der Waals surface area contributed by atoms with Crippen molar-refractivity contribution >= 4 is 56.9 Å². The van der Waals surface area contributed by atoms with Gasteiger partial charge in [-0.2, -0.15) is 10.1 Å². The van der Waals surface area contributed by atoms with Crippen molar-refractivity contribution in [2.45, 2.75) is 39.3 Å². The second-order valence-corrected chi connectivity index (χ2v) is 12.3. The topological polar surface area (TPSA) is 129 Å². The van der Waals surface area contributed by atoms with Crippen molar-refractivity contribution in [2.75, 3.05) is 68.4 Å². The van der Waals surface area contributed by atoms with Crippen LogP contribution in [0.4, 0.5) is 22.0 Å². The maximum absolute atomic E-state index is 16.9. The number of aromatic nitrogens is 4. The molecule has 238 valence electrons. The Balaban J connectivity index is 1.44. The molecule has 2 aliphatic rings. The van der Waals surface area contributed by atoms with Crippen molar-refractivity contribution in [3.63, 3.8) is 0 Å². The first kappa shape index (κ1) is 31.0. The van der Waals surface area contributed by atoms with Crippen LogP contribution in [-0.4, -0.2) is 100 Å². The summed E-state index contributed by atoms with van der Waals surface area (Å²) in [6.45, 7) is 15.4. The molecule has 11 nitrogen and oxygen atoms in total. The molecule has 1 amide bonds. The number of halogens is 2. The lowest BCUT2D eigenvalue weighted by atomic mass is 9.94. The van der Waals surface area contributed by atoms with E-state index in [1.54, 1.807) is 11.0 Å². The van der Waals surface area contributed by atoms with Crippen LogP contribution in [0.3, 0.4) is 0 Å². The predicted molar refractivity (Wildman–Crippen MR) is 177 cm³/mol. The van der Waals surface area contributed by atoms with E-state index in [4.69, 9.17) is 32.0 Å². The Labute approximate surface area is 266 Å². The lowest BCUT2D eigenvalue weighted by molar-refractivity contribution is -0.128. The van der Waals surface area contributed by atoms with Gasteiger partial charge >= 0.3 is 0 Å². The van der Waals surface area contributed by atoms with Crippen molar-refractivity contribution < 1.29 is 13.9 Å².